The average molecular weight is 319 g/mol. The van der Waals surface area contributed by atoms with E-state index in [2.05, 4.69) is 10.3 Å². The molecule has 0 atom stereocenters. The van der Waals surface area contributed by atoms with Crippen molar-refractivity contribution in [1.82, 2.24) is 4.98 Å². The highest BCUT2D eigenvalue weighted by Crippen LogP contribution is 2.30. The number of ether oxygens (including phenoxy) is 1. The van der Waals surface area contributed by atoms with Gasteiger partial charge in [0.2, 0.25) is 0 Å². The fraction of sp³-hybridized carbons (Fsp3) is 0.0625. The molecular weight excluding hydrogens is 307 g/mol. The number of halogens is 2. The van der Waals surface area contributed by atoms with E-state index in [1.807, 2.05) is 30.3 Å². The summed E-state index contributed by atoms with van der Waals surface area (Å²) in [6.07, 6.45) is 1.75. The maximum Gasteiger partial charge on any atom is 0.121 e. The van der Waals surface area contributed by atoms with Gasteiger partial charge in [-0.15, -0.1) is 0 Å². The van der Waals surface area contributed by atoms with Gasteiger partial charge in [-0.1, -0.05) is 23.2 Å². The van der Waals surface area contributed by atoms with Crippen molar-refractivity contribution < 1.29 is 4.74 Å². The van der Waals surface area contributed by atoms with E-state index in [1.165, 1.54) is 0 Å². The van der Waals surface area contributed by atoms with Gasteiger partial charge in [0.05, 0.1) is 22.7 Å². The maximum atomic E-state index is 6.04. The summed E-state index contributed by atoms with van der Waals surface area (Å²) in [5.74, 6) is 0.779. The summed E-state index contributed by atoms with van der Waals surface area (Å²) in [6, 6.07) is 13.1. The monoisotopic (exact) mass is 318 g/mol. The van der Waals surface area contributed by atoms with Crippen LogP contribution in [0.4, 0.5) is 11.4 Å². The number of pyridine rings is 1. The van der Waals surface area contributed by atoms with E-state index in [1.54, 1.807) is 25.4 Å². The third-order valence-corrected chi connectivity index (χ3v) is 3.89. The molecule has 0 spiro atoms. The van der Waals surface area contributed by atoms with Crippen LogP contribution in [0.1, 0.15) is 0 Å². The Kier molecular flexibility index (Phi) is 3.86. The zero-order chi connectivity index (χ0) is 14.8. The lowest BCUT2D eigenvalue weighted by atomic mass is 10.1. The summed E-state index contributed by atoms with van der Waals surface area (Å²) in [5.41, 5.74) is 2.67. The molecule has 1 heterocycles. The van der Waals surface area contributed by atoms with Crippen LogP contribution in [0.15, 0.2) is 48.7 Å². The van der Waals surface area contributed by atoms with Crippen molar-refractivity contribution in [1.29, 1.82) is 0 Å². The quantitative estimate of drug-likeness (QED) is 0.712. The Morgan fingerprint density at radius 3 is 2.62 bits per heavy atom. The number of nitrogens with zero attached hydrogens (tertiary/aromatic N) is 1. The zero-order valence-electron chi connectivity index (χ0n) is 11.2. The molecule has 0 aliphatic heterocycles. The number of hydrogen-bond donors (Lipinski definition) is 1. The molecule has 0 saturated carbocycles. The van der Waals surface area contributed by atoms with Crippen molar-refractivity contribution in [3.05, 3.63) is 58.7 Å². The third-order valence-electron chi connectivity index (χ3n) is 3.15. The number of benzene rings is 2. The second-order valence-electron chi connectivity index (χ2n) is 4.50. The SMILES string of the molecule is COc1ccc2c(Nc3ccc(Cl)c(Cl)c3)ccnc2c1. The van der Waals surface area contributed by atoms with Crippen molar-refractivity contribution in [3.8, 4) is 5.75 Å². The minimum atomic E-state index is 0.515. The Hall–Kier alpha value is -1.97. The highest BCUT2D eigenvalue weighted by atomic mass is 35.5. The van der Waals surface area contributed by atoms with Gasteiger partial charge in [-0.3, -0.25) is 4.98 Å². The van der Waals surface area contributed by atoms with Crippen LogP contribution in [-0.4, -0.2) is 12.1 Å². The van der Waals surface area contributed by atoms with Crippen LogP contribution >= 0.6 is 23.2 Å². The highest BCUT2D eigenvalue weighted by molar-refractivity contribution is 6.42. The lowest BCUT2D eigenvalue weighted by molar-refractivity contribution is 0.415. The number of methoxy groups -OCH3 is 1. The molecule has 0 aliphatic carbocycles. The Labute approximate surface area is 132 Å². The molecular formula is C16H12Cl2N2O. The van der Waals surface area contributed by atoms with E-state index in [0.29, 0.717) is 10.0 Å². The number of aromatic nitrogens is 1. The fourth-order valence-corrected chi connectivity index (χ4v) is 2.39. The Morgan fingerprint density at radius 2 is 1.86 bits per heavy atom. The molecule has 0 amide bonds. The third kappa shape index (κ3) is 2.89. The fourth-order valence-electron chi connectivity index (χ4n) is 2.09. The van der Waals surface area contributed by atoms with Gasteiger partial charge in [0.15, 0.2) is 0 Å². The molecule has 0 unspecified atom stereocenters. The summed E-state index contributed by atoms with van der Waals surface area (Å²) >= 11 is 12.0. The van der Waals surface area contributed by atoms with E-state index < -0.39 is 0 Å². The second kappa shape index (κ2) is 5.80. The smallest absolute Gasteiger partial charge is 0.121 e. The molecule has 0 fully saturated rings. The Bertz CT molecular complexity index is 805. The van der Waals surface area contributed by atoms with E-state index in [0.717, 1.165) is 28.0 Å². The van der Waals surface area contributed by atoms with Crippen LogP contribution in [0, 0.1) is 0 Å². The first kappa shape index (κ1) is 14.0. The topological polar surface area (TPSA) is 34.1 Å². The van der Waals surface area contributed by atoms with Gasteiger partial charge in [0.25, 0.3) is 0 Å². The summed E-state index contributed by atoms with van der Waals surface area (Å²) < 4.78 is 5.22. The number of rotatable bonds is 3. The molecule has 3 rings (SSSR count). The first-order valence-corrected chi connectivity index (χ1v) is 7.08. The van der Waals surface area contributed by atoms with Gasteiger partial charge < -0.3 is 10.1 Å². The summed E-state index contributed by atoms with van der Waals surface area (Å²) in [6.45, 7) is 0. The van der Waals surface area contributed by atoms with E-state index in [4.69, 9.17) is 27.9 Å². The average Bonchev–Trinajstić information content (AvgIpc) is 2.50. The number of fused-ring (bicyclic) bond motifs is 1. The molecule has 0 aliphatic rings. The molecule has 106 valence electrons. The van der Waals surface area contributed by atoms with Crippen LogP contribution in [0.2, 0.25) is 10.0 Å². The molecule has 0 saturated heterocycles. The van der Waals surface area contributed by atoms with Crippen LogP contribution < -0.4 is 10.1 Å². The van der Waals surface area contributed by atoms with Crippen LogP contribution in [-0.2, 0) is 0 Å². The van der Waals surface area contributed by atoms with Gasteiger partial charge >= 0.3 is 0 Å². The van der Waals surface area contributed by atoms with Gasteiger partial charge in [-0.05, 0) is 36.4 Å². The predicted molar refractivity (Wildman–Crippen MR) is 88.0 cm³/mol. The summed E-state index contributed by atoms with van der Waals surface area (Å²) in [7, 11) is 1.64. The van der Waals surface area contributed by atoms with Gasteiger partial charge in [-0.2, -0.15) is 0 Å². The van der Waals surface area contributed by atoms with Gasteiger partial charge in [0, 0.05) is 29.0 Å². The van der Waals surface area contributed by atoms with Crippen molar-refractivity contribution in [2.45, 2.75) is 0 Å². The summed E-state index contributed by atoms with van der Waals surface area (Å²) in [4.78, 5) is 4.36. The van der Waals surface area contributed by atoms with E-state index in [9.17, 15) is 0 Å². The standard InChI is InChI=1S/C16H12Cl2N2O/c1-21-11-3-4-12-15(6-7-19-16(12)9-11)20-10-2-5-13(17)14(18)8-10/h2-9H,1H3,(H,19,20). The molecule has 21 heavy (non-hydrogen) atoms. The molecule has 2 aromatic carbocycles. The first-order valence-electron chi connectivity index (χ1n) is 6.32. The van der Waals surface area contributed by atoms with E-state index in [-0.39, 0.29) is 0 Å². The lowest BCUT2D eigenvalue weighted by Gasteiger charge is -2.11. The normalized spacial score (nSPS) is 10.6. The van der Waals surface area contributed by atoms with E-state index >= 15 is 0 Å². The van der Waals surface area contributed by atoms with Crippen molar-refractivity contribution >= 4 is 45.5 Å². The lowest BCUT2D eigenvalue weighted by Crippen LogP contribution is -1.93. The number of anilines is 2. The van der Waals surface area contributed by atoms with Gasteiger partial charge in [-0.25, -0.2) is 0 Å². The predicted octanol–water partition coefficient (Wildman–Crippen LogP) is 5.29. The minimum absolute atomic E-state index is 0.515. The van der Waals surface area contributed by atoms with Crippen molar-refractivity contribution in [2.75, 3.05) is 12.4 Å². The molecule has 1 aromatic heterocycles. The number of hydrogen-bond acceptors (Lipinski definition) is 3. The molecule has 0 radical (unpaired) electrons. The van der Waals surface area contributed by atoms with Gasteiger partial charge in [0.1, 0.15) is 5.75 Å². The maximum absolute atomic E-state index is 6.04. The largest absolute Gasteiger partial charge is 0.497 e. The minimum Gasteiger partial charge on any atom is -0.497 e. The van der Waals surface area contributed by atoms with Crippen LogP contribution in [0.5, 0.6) is 5.75 Å². The Balaban J connectivity index is 2.02. The molecule has 0 bridgehead atoms. The summed E-state index contributed by atoms with van der Waals surface area (Å²) in [5, 5.41) is 5.38. The molecule has 3 nitrogen and oxygen atoms in total. The second-order valence-corrected chi connectivity index (χ2v) is 5.31. The zero-order valence-corrected chi connectivity index (χ0v) is 12.7. The Morgan fingerprint density at radius 1 is 1.00 bits per heavy atom. The van der Waals surface area contributed by atoms with Crippen molar-refractivity contribution in [3.63, 3.8) is 0 Å². The van der Waals surface area contributed by atoms with Crippen LogP contribution in [0.25, 0.3) is 10.9 Å². The first-order chi connectivity index (χ1) is 10.2. The highest BCUT2D eigenvalue weighted by Gasteiger charge is 2.05. The molecule has 3 aromatic rings. The van der Waals surface area contributed by atoms with Crippen molar-refractivity contribution in [2.24, 2.45) is 0 Å². The van der Waals surface area contributed by atoms with Crippen LogP contribution in [0.3, 0.4) is 0 Å². The molecule has 5 heteroatoms. The molecule has 1 N–H and O–H groups in total. The number of nitrogens with one attached hydrogen (secondary N) is 1.